The third kappa shape index (κ3) is 5.56. The van der Waals surface area contributed by atoms with Crippen molar-refractivity contribution in [2.75, 3.05) is 38.2 Å². The highest BCUT2D eigenvalue weighted by Crippen LogP contribution is 2.28. The van der Waals surface area contributed by atoms with Crippen LogP contribution in [0, 0.1) is 0 Å². The Morgan fingerprint density at radius 3 is 2.61 bits per heavy atom. The first-order valence-corrected chi connectivity index (χ1v) is 8.04. The second-order valence-corrected chi connectivity index (χ2v) is 5.55. The summed E-state index contributed by atoms with van der Waals surface area (Å²) in [5, 5.41) is 2.70. The van der Waals surface area contributed by atoms with Gasteiger partial charge in [0.05, 0.1) is 6.61 Å². The second kappa shape index (κ2) is 9.15. The summed E-state index contributed by atoms with van der Waals surface area (Å²) < 4.78 is 9.60. The zero-order valence-electron chi connectivity index (χ0n) is 13.5. The topological polar surface area (TPSA) is 67.9 Å². The summed E-state index contributed by atoms with van der Waals surface area (Å²) in [5.41, 5.74) is 2.04. The Kier molecular flexibility index (Phi) is 6.87. The number of hydrogen-bond donors (Lipinski definition) is 1. The van der Waals surface area contributed by atoms with Gasteiger partial charge in [-0.3, -0.25) is 15.0 Å². The maximum atomic E-state index is 11.4. The number of carbonyl (C=O) groups is 2. The van der Waals surface area contributed by atoms with E-state index in [0.29, 0.717) is 25.6 Å². The van der Waals surface area contributed by atoms with Crippen molar-refractivity contribution in [3.05, 3.63) is 29.8 Å². The molecule has 1 heterocycles. The fourth-order valence-electron chi connectivity index (χ4n) is 2.84. The molecule has 1 N–H and O–H groups in total. The Morgan fingerprint density at radius 1 is 1.30 bits per heavy atom. The van der Waals surface area contributed by atoms with Crippen molar-refractivity contribution in [3.8, 4) is 0 Å². The van der Waals surface area contributed by atoms with Crippen LogP contribution in [0.3, 0.4) is 0 Å². The minimum atomic E-state index is -0.425. The summed E-state index contributed by atoms with van der Waals surface area (Å²) in [6, 6.07) is 7.96. The summed E-state index contributed by atoms with van der Waals surface area (Å²) >= 11 is 0. The summed E-state index contributed by atoms with van der Waals surface area (Å²) in [5.74, 6) is 0.537. The number of benzene rings is 1. The number of piperidine rings is 1. The monoisotopic (exact) mass is 320 g/mol. The third-order valence-corrected chi connectivity index (χ3v) is 4.08. The number of nitrogens with one attached hydrogen (secondary N) is 1. The van der Waals surface area contributed by atoms with E-state index < -0.39 is 6.09 Å². The van der Waals surface area contributed by atoms with Crippen molar-refractivity contribution >= 4 is 18.3 Å². The van der Waals surface area contributed by atoms with Crippen molar-refractivity contribution in [1.29, 1.82) is 0 Å². The van der Waals surface area contributed by atoms with E-state index in [1.54, 1.807) is 6.92 Å². The molecule has 6 heteroatoms. The lowest BCUT2D eigenvalue weighted by molar-refractivity contribution is -0.129. The van der Waals surface area contributed by atoms with Crippen LogP contribution in [0.4, 0.5) is 10.5 Å². The smallest absolute Gasteiger partial charge is 0.411 e. The van der Waals surface area contributed by atoms with Crippen molar-refractivity contribution in [2.45, 2.75) is 25.7 Å². The van der Waals surface area contributed by atoms with Gasteiger partial charge in [0.25, 0.3) is 6.47 Å². The van der Waals surface area contributed by atoms with Crippen molar-refractivity contribution in [2.24, 2.45) is 0 Å². The van der Waals surface area contributed by atoms with Crippen LogP contribution in [-0.2, 0) is 14.3 Å². The number of anilines is 1. The number of likely N-dealkylation sites (tertiary alicyclic amines) is 1. The first kappa shape index (κ1) is 17.3. The Hall–Kier alpha value is -2.08. The van der Waals surface area contributed by atoms with Crippen LogP contribution in [-0.4, -0.2) is 50.3 Å². The predicted octanol–water partition coefficient (Wildman–Crippen LogP) is 2.61. The van der Waals surface area contributed by atoms with Gasteiger partial charge in [0.1, 0.15) is 6.61 Å². The molecule has 0 spiro atoms. The zero-order chi connectivity index (χ0) is 16.5. The molecular weight excluding hydrogens is 296 g/mol. The van der Waals surface area contributed by atoms with E-state index in [2.05, 4.69) is 22.3 Å². The summed E-state index contributed by atoms with van der Waals surface area (Å²) in [6.45, 7) is 5.92. The quantitative estimate of drug-likeness (QED) is 0.618. The first-order valence-electron chi connectivity index (χ1n) is 8.04. The minimum Gasteiger partial charge on any atom is -0.467 e. The maximum Gasteiger partial charge on any atom is 0.411 e. The highest BCUT2D eigenvalue weighted by atomic mass is 16.5. The van der Waals surface area contributed by atoms with Crippen LogP contribution in [0.5, 0.6) is 0 Å². The zero-order valence-corrected chi connectivity index (χ0v) is 13.5. The predicted molar refractivity (Wildman–Crippen MR) is 87.5 cm³/mol. The molecule has 6 nitrogen and oxygen atoms in total. The lowest BCUT2D eigenvalue weighted by Gasteiger charge is -2.31. The van der Waals surface area contributed by atoms with Gasteiger partial charge in [-0.2, -0.15) is 0 Å². The molecule has 2 rings (SSSR count). The molecule has 23 heavy (non-hydrogen) atoms. The number of nitrogens with zero attached hydrogens (tertiary/aromatic N) is 1. The normalized spacial score (nSPS) is 15.9. The van der Waals surface area contributed by atoms with Gasteiger partial charge < -0.3 is 9.47 Å². The van der Waals surface area contributed by atoms with E-state index in [1.807, 2.05) is 12.1 Å². The van der Waals surface area contributed by atoms with Crippen LogP contribution < -0.4 is 5.32 Å². The van der Waals surface area contributed by atoms with Crippen molar-refractivity contribution in [3.63, 3.8) is 0 Å². The molecule has 0 radical (unpaired) electrons. The molecule has 1 saturated heterocycles. The lowest BCUT2D eigenvalue weighted by Crippen LogP contribution is -2.35. The van der Waals surface area contributed by atoms with Gasteiger partial charge >= 0.3 is 6.09 Å². The highest BCUT2D eigenvalue weighted by Gasteiger charge is 2.20. The van der Waals surface area contributed by atoms with Gasteiger partial charge in [-0.25, -0.2) is 4.79 Å². The van der Waals surface area contributed by atoms with Crippen LogP contribution in [0.2, 0.25) is 0 Å². The molecular formula is C17H24N2O4. The molecule has 1 amide bonds. The van der Waals surface area contributed by atoms with Crippen LogP contribution >= 0.6 is 0 Å². The van der Waals surface area contributed by atoms with E-state index in [-0.39, 0.29) is 0 Å². The highest BCUT2D eigenvalue weighted by molar-refractivity contribution is 5.84. The van der Waals surface area contributed by atoms with Crippen LogP contribution in [0.25, 0.3) is 0 Å². The summed E-state index contributed by atoms with van der Waals surface area (Å²) in [7, 11) is 0. The maximum absolute atomic E-state index is 11.4. The molecule has 1 aromatic carbocycles. The SMILES string of the molecule is CCOC(=O)Nc1ccc(C2CCN(CCOC=O)CC2)cc1. The number of hydrogen-bond acceptors (Lipinski definition) is 5. The largest absolute Gasteiger partial charge is 0.467 e. The van der Waals surface area contributed by atoms with Crippen molar-refractivity contribution < 1.29 is 19.1 Å². The van der Waals surface area contributed by atoms with Gasteiger partial charge in [0.15, 0.2) is 0 Å². The van der Waals surface area contributed by atoms with Crippen LogP contribution in [0.15, 0.2) is 24.3 Å². The average molecular weight is 320 g/mol. The molecule has 1 aliphatic rings. The molecule has 1 aromatic rings. The molecule has 0 atom stereocenters. The molecule has 0 saturated carbocycles. The van der Waals surface area contributed by atoms with Crippen LogP contribution in [0.1, 0.15) is 31.2 Å². The molecule has 0 bridgehead atoms. The number of rotatable bonds is 7. The fraction of sp³-hybridized carbons (Fsp3) is 0.529. The molecule has 1 aliphatic heterocycles. The Balaban J connectivity index is 1.79. The molecule has 126 valence electrons. The summed E-state index contributed by atoms with van der Waals surface area (Å²) in [6.07, 6.45) is 1.75. The van der Waals surface area contributed by atoms with E-state index in [9.17, 15) is 9.59 Å². The number of carbonyl (C=O) groups excluding carboxylic acids is 2. The van der Waals surface area contributed by atoms with E-state index in [1.165, 1.54) is 5.56 Å². The molecule has 1 fully saturated rings. The Labute approximate surface area is 136 Å². The molecule has 0 unspecified atom stereocenters. The third-order valence-electron chi connectivity index (χ3n) is 4.08. The second-order valence-electron chi connectivity index (χ2n) is 5.55. The van der Waals surface area contributed by atoms with E-state index in [0.717, 1.165) is 38.2 Å². The minimum absolute atomic E-state index is 0.361. The molecule has 0 aliphatic carbocycles. The van der Waals surface area contributed by atoms with E-state index >= 15 is 0 Å². The van der Waals surface area contributed by atoms with Gasteiger partial charge in [-0.05, 0) is 56.5 Å². The lowest BCUT2D eigenvalue weighted by atomic mass is 9.89. The molecule has 0 aromatic heterocycles. The average Bonchev–Trinajstić information content (AvgIpc) is 2.57. The van der Waals surface area contributed by atoms with Gasteiger partial charge in [0, 0.05) is 12.2 Å². The fourth-order valence-corrected chi connectivity index (χ4v) is 2.84. The Morgan fingerprint density at radius 2 is 2.00 bits per heavy atom. The standard InChI is InChI=1S/C17H24N2O4/c1-2-23-17(21)18-16-5-3-14(4-6-16)15-7-9-19(10-8-15)11-12-22-13-20/h3-6,13,15H,2,7-12H2,1H3,(H,18,21). The summed E-state index contributed by atoms with van der Waals surface area (Å²) in [4.78, 5) is 23.8. The number of amides is 1. The first-order chi connectivity index (χ1) is 11.2. The van der Waals surface area contributed by atoms with E-state index in [4.69, 9.17) is 9.47 Å². The Bertz CT molecular complexity index is 496. The van der Waals surface area contributed by atoms with Gasteiger partial charge in [-0.1, -0.05) is 12.1 Å². The van der Waals surface area contributed by atoms with Gasteiger partial charge in [-0.15, -0.1) is 0 Å². The van der Waals surface area contributed by atoms with Gasteiger partial charge in [0.2, 0.25) is 0 Å². The number of ether oxygens (including phenoxy) is 2. The van der Waals surface area contributed by atoms with Crippen molar-refractivity contribution in [1.82, 2.24) is 4.90 Å².